The first-order valence-corrected chi connectivity index (χ1v) is 11.5. The molecule has 1 unspecified atom stereocenters. The monoisotopic (exact) mass is 438 g/mol. The van der Waals surface area contributed by atoms with Crippen LogP contribution in [0.3, 0.4) is 0 Å². The van der Waals surface area contributed by atoms with Gasteiger partial charge in [-0.1, -0.05) is 27.7 Å². The normalized spacial score (nSPS) is 16.6. The number of furan rings is 1. The van der Waals surface area contributed by atoms with Gasteiger partial charge < -0.3 is 14.8 Å². The number of sulfonamides is 1. The van der Waals surface area contributed by atoms with Crippen LogP contribution in [0.15, 0.2) is 27.7 Å². The summed E-state index contributed by atoms with van der Waals surface area (Å²) in [5.74, 6) is -0.190. The standard InChI is InChI=1S/C21H27FN2O5S/c1-11(2)14-8-13(22)9-15(12(3)4)20(14)23-21(26)24-30(27,28)19-10-16-17(25)6-5-7-18(16)29-19/h8-12,17,25H,5-7H2,1-4H3,(H2,23,24,26). The van der Waals surface area contributed by atoms with Crippen molar-refractivity contribution in [3.8, 4) is 0 Å². The third-order valence-corrected chi connectivity index (χ3v) is 6.38. The van der Waals surface area contributed by atoms with Gasteiger partial charge in [-0.05, 0) is 47.9 Å². The molecule has 164 valence electrons. The topological polar surface area (TPSA) is 109 Å². The maximum atomic E-state index is 14.0. The van der Waals surface area contributed by atoms with Crippen molar-refractivity contribution in [3.05, 3.63) is 46.5 Å². The highest BCUT2D eigenvalue weighted by Gasteiger charge is 2.29. The quantitative estimate of drug-likeness (QED) is 0.635. The van der Waals surface area contributed by atoms with Gasteiger partial charge in [-0.25, -0.2) is 13.9 Å². The fourth-order valence-electron chi connectivity index (χ4n) is 3.65. The minimum atomic E-state index is -4.29. The first kappa shape index (κ1) is 22.3. The summed E-state index contributed by atoms with van der Waals surface area (Å²) in [5.41, 5.74) is 1.97. The Labute approximate surface area is 175 Å². The lowest BCUT2D eigenvalue weighted by molar-refractivity contribution is 0.152. The van der Waals surface area contributed by atoms with Crippen LogP contribution in [0.1, 0.15) is 80.9 Å². The number of rotatable bonds is 5. The highest BCUT2D eigenvalue weighted by atomic mass is 32.2. The molecule has 3 N–H and O–H groups in total. The molecule has 3 rings (SSSR count). The number of nitrogens with one attached hydrogen (secondary N) is 2. The van der Waals surface area contributed by atoms with Gasteiger partial charge in [-0.3, -0.25) is 0 Å². The average molecular weight is 439 g/mol. The van der Waals surface area contributed by atoms with Gasteiger partial charge in [0.15, 0.2) is 0 Å². The first-order valence-electron chi connectivity index (χ1n) is 9.97. The zero-order valence-electron chi connectivity index (χ0n) is 17.5. The van der Waals surface area contributed by atoms with E-state index in [2.05, 4.69) is 5.32 Å². The fraction of sp³-hybridized carbons (Fsp3) is 0.476. The number of hydrogen-bond acceptors (Lipinski definition) is 5. The predicted octanol–water partition coefficient (Wildman–Crippen LogP) is 4.55. The van der Waals surface area contributed by atoms with Gasteiger partial charge in [0.05, 0.1) is 6.10 Å². The van der Waals surface area contributed by atoms with Gasteiger partial charge in [-0.15, -0.1) is 0 Å². The van der Waals surface area contributed by atoms with Crippen LogP contribution >= 0.6 is 0 Å². The summed E-state index contributed by atoms with van der Waals surface area (Å²) in [6, 6.07) is 2.96. The Morgan fingerprint density at radius 1 is 1.17 bits per heavy atom. The van der Waals surface area contributed by atoms with Crippen molar-refractivity contribution >= 4 is 21.7 Å². The number of aryl methyl sites for hydroxylation is 1. The van der Waals surface area contributed by atoms with E-state index in [-0.39, 0.29) is 11.8 Å². The lowest BCUT2D eigenvalue weighted by Gasteiger charge is -2.20. The van der Waals surface area contributed by atoms with E-state index in [0.29, 0.717) is 47.4 Å². The molecule has 1 atom stereocenters. The average Bonchev–Trinajstić information content (AvgIpc) is 3.08. The van der Waals surface area contributed by atoms with Gasteiger partial charge >= 0.3 is 6.03 Å². The molecule has 1 heterocycles. The molecule has 1 aromatic heterocycles. The van der Waals surface area contributed by atoms with Crippen LogP contribution in [0.5, 0.6) is 0 Å². The second-order valence-electron chi connectivity index (χ2n) is 8.18. The summed E-state index contributed by atoms with van der Waals surface area (Å²) in [7, 11) is -4.29. The zero-order chi connectivity index (χ0) is 22.2. The van der Waals surface area contributed by atoms with Crippen molar-refractivity contribution in [3.63, 3.8) is 0 Å². The van der Waals surface area contributed by atoms with E-state index in [9.17, 15) is 22.7 Å². The molecular weight excluding hydrogens is 411 g/mol. The van der Waals surface area contributed by atoms with Crippen molar-refractivity contribution in [2.45, 2.75) is 70.0 Å². The Hall–Kier alpha value is -2.39. The second-order valence-corrected chi connectivity index (χ2v) is 9.79. The van der Waals surface area contributed by atoms with Gasteiger partial charge in [0.25, 0.3) is 10.0 Å². The van der Waals surface area contributed by atoms with Crippen molar-refractivity contribution in [2.24, 2.45) is 0 Å². The maximum Gasteiger partial charge on any atom is 0.333 e. The highest BCUT2D eigenvalue weighted by Crippen LogP contribution is 2.35. The smallest absolute Gasteiger partial charge is 0.333 e. The Bertz CT molecular complexity index is 1030. The van der Waals surface area contributed by atoms with Crippen LogP contribution in [0.25, 0.3) is 0 Å². The van der Waals surface area contributed by atoms with Crippen molar-refractivity contribution < 1.29 is 27.1 Å². The van der Waals surface area contributed by atoms with E-state index in [0.717, 1.165) is 0 Å². The summed E-state index contributed by atoms with van der Waals surface area (Å²) >= 11 is 0. The van der Waals surface area contributed by atoms with Gasteiger partial charge in [-0.2, -0.15) is 8.42 Å². The van der Waals surface area contributed by atoms with E-state index in [1.165, 1.54) is 18.2 Å². The molecule has 0 saturated heterocycles. The molecular formula is C21H27FN2O5S. The number of amides is 2. The maximum absolute atomic E-state index is 14.0. The molecule has 0 bridgehead atoms. The molecule has 2 amide bonds. The summed E-state index contributed by atoms with van der Waals surface area (Å²) in [6.07, 6.45) is 0.964. The number of halogens is 1. The zero-order valence-corrected chi connectivity index (χ0v) is 18.3. The van der Waals surface area contributed by atoms with Crippen molar-refractivity contribution in [2.75, 3.05) is 5.32 Å². The van der Waals surface area contributed by atoms with E-state index in [1.807, 2.05) is 32.4 Å². The van der Waals surface area contributed by atoms with Gasteiger partial charge in [0.2, 0.25) is 5.09 Å². The molecule has 0 aliphatic heterocycles. The van der Waals surface area contributed by atoms with Crippen LogP contribution in [0, 0.1) is 5.82 Å². The molecule has 0 spiro atoms. The van der Waals surface area contributed by atoms with Crippen LogP contribution in [0.2, 0.25) is 0 Å². The van der Waals surface area contributed by atoms with Crippen molar-refractivity contribution in [1.29, 1.82) is 0 Å². The molecule has 2 aromatic rings. The third kappa shape index (κ3) is 4.52. The fourth-order valence-corrected chi connectivity index (χ4v) is 4.54. The Morgan fingerprint density at radius 2 is 1.77 bits per heavy atom. The van der Waals surface area contributed by atoms with Crippen LogP contribution in [-0.4, -0.2) is 19.6 Å². The van der Waals surface area contributed by atoms with Gasteiger partial charge in [0, 0.05) is 23.7 Å². The molecule has 0 saturated carbocycles. The minimum Gasteiger partial charge on any atom is -0.447 e. The summed E-state index contributed by atoms with van der Waals surface area (Å²) in [4.78, 5) is 12.6. The van der Waals surface area contributed by atoms with Crippen LogP contribution in [0.4, 0.5) is 14.9 Å². The lowest BCUT2D eigenvalue weighted by Crippen LogP contribution is -2.35. The Balaban J connectivity index is 1.87. The van der Waals surface area contributed by atoms with Crippen LogP contribution < -0.4 is 10.0 Å². The Kier molecular flexibility index (Phi) is 6.24. The summed E-state index contributed by atoms with van der Waals surface area (Å²) in [5, 5.41) is 12.2. The first-order chi connectivity index (χ1) is 14.0. The highest BCUT2D eigenvalue weighted by molar-refractivity contribution is 7.89. The minimum absolute atomic E-state index is 0.0941. The van der Waals surface area contributed by atoms with E-state index in [1.54, 1.807) is 0 Å². The largest absolute Gasteiger partial charge is 0.447 e. The second kappa shape index (κ2) is 8.39. The number of hydrogen-bond donors (Lipinski definition) is 3. The number of fused-ring (bicyclic) bond motifs is 1. The Morgan fingerprint density at radius 3 is 2.30 bits per heavy atom. The summed E-state index contributed by atoms with van der Waals surface area (Å²) < 4.78 is 46.7. The molecule has 1 aliphatic rings. The van der Waals surface area contributed by atoms with E-state index in [4.69, 9.17) is 4.42 Å². The number of aliphatic hydroxyl groups is 1. The molecule has 1 aliphatic carbocycles. The molecule has 0 fully saturated rings. The number of aliphatic hydroxyl groups excluding tert-OH is 1. The van der Waals surface area contributed by atoms with Crippen LogP contribution in [-0.2, 0) is 16.4 Å². The van der Waals surface area contributed by atoms with E-state index >= 15 is 0 Å². The number of benzene rings is 1. The summed E-state index contributed by atoms with van der Waals surface area (Å²) in [6.45, 7) is 7.43. The predicted molar refractivity (Wildman–Crippen MR) is 111 cm³/mol. The number of carbonyl (C=O) groups excluding carboxylic acids is 1. The molecule has 0 radical (unpaired) electrons. The number of urea groups is 1. The lowest BCUT2D eigenvalue weighted by atomic mass is 9.92. The third-order valence-electron chi connectivity index (χ3n) is 5.20. The molecule has 1 aromatic carbocycles. The molecule has 30 heavy (non-hydrogen) atoms. The molecule has 7 nitrogen and oxygen atoms in total. The van der Waals surface area contributed by atoms with E-state index < -0.39 is 33.1 Å². The SMILES string of the molecule is CC(C)c1cc(F)cc(C(C)C)c1NC(=O)NS(=O)(=O)c1cc2c(o1)CCCC2O. The number of anilines is 1. The van der Waals surface area contributed by atoms with Gasteiger partial charge in [0.1, 0.15) is 11.6 Å². The molecule has 9 heteroatoms. The number of carbonyl (C=O) groups is 1. The van der Waals surface area contributed by atoms with Crippen molar-refractivity contribution in [1.82, 2.24) is 4.72 Å².